The molecule has 3 nitrogen and oxygen atoms in total. The summed E-state index contributed by atoms with van der Waals surface area (Å²) in [6, 6.07) is 4.93. The molecule has 0 fully saturated rings. The predicted molar refractivity (Wildman–Crippen MR) is 106 cm³/mol. The molecule has 0 radical (unpaired) electrons. The normalized spacial score (nSPS) is 11.6. The number of unbranched alkanes of at least 4 members (excludes halogenated alkanes) is 8. The lowest BCUT2D eigenvalue weighted by molar-refractivity contribution is 0.0602. The minimum atomic E-state index is -0.288. The zero-order chi connectivity index (χ0) is 18.5. The van der Waals surface area contributed by atoms with Gasteiger partial charge in [0.15, 0.2) is 11.5 Å². The summed E-state index contributed by atoms with van der Waals surface area (Å²) in [6.45, 7) is 6.61. The van der Waals surface area contributed by atoms with E-state index >= 15 is 0 Å². The van der Waals surface area contributed by atoms with E-state index in [1.807, 2.05) is 0 Å². The minimum Gasteiger partial charge on any atom is -0.504 e. The first-order valence-corrected chi connectivity index (χ1v) is 10.2. The molecule has 0 aliphatic carbocycles. The average Bonchev–Trinajstić information content (AvgIpc) is 2.59. The summed E-state index contributed by atoms with van der Waals surface area (Å²) in [5.41, 5.74) is -0.288. The Morgan fingerprint density at radius 1 is 0.800 bits per heavy atom. The van der Waals surface area contributed by atoms with Crippen LogP contribution < -0.4 is 4.74 Å². The predicted octanol–water partition coefficient (Wildman–Crippen LogP) is 6.96. The Labute approximate surface area is 154 Å². The van der Waals surface area contributed by atoms with Gasteiger partial charge in [-0.3, -0.25) is 0 Å². The lowest BCUT2D eigenvalue weighted by Gasteiger charge is -2.31. The highest BCUT2D eigenvalue weighted by atomic mass is 16.5. The molecule has 0 atom stereocenters. The van der Waals surface area contributed by atoms with Gasteiger partial charge in [-0.25, -0.2) is 0 Å². The van der Waals surface area contributed by atoms with Gasteiger partial charge in [0.05, 0.1) is 0 Å². The standard InChI is InChI=1S/C22H38O3/c1-4-6-8-10-12-17-22(3,18-13-11-9-7-5-2)25-20-16-14-15-19(23)21(20)24/h14-16,23-24H,4-13,17-18H2,1-3H3. The van der Waals surface area contributed by atoms with Crippen LogP contribution in [0.3, 0.4) is 0 Å². The van der Waals surface area contributed by atoms with Gasteiger partial charge in [0, 0.05) is 0 Å². The van der Waals surface area contributed by atoms with E-state index in [0.717, 1.165) is 25.7 Å². The number of phenolic OH excluding ortho intramolecular Hbond substituents is 2. The van der Waals surface area contributed by atoms with Crippen molar-refractivity contribution >= 4 is 0 Å². The minimum absolute atomic E-state index is 0.120. The number of benzene rings is 1. The number of phenols is 2. The van der Waals surface area contributed by atoms with Gasteiger partial charge >= 0.3 is 0 Å². The Kier molecular flexibility index (Phi) is 10.4. The van der Waals surface area contributed by atoms with Crippen LogP contribution in [0, 0.1) is 0 Å². The van der Waals surface area contributed by atoms with Crippen molar-refractivity contribution in [2.24, 2.45) is 0 Å². The second-order valence-corrected chi connectivity index (χ2v) is 7.50. The van der Waals surface area contributed by atoms with Gasteiger partial charge in [0.25, 0.3) is 0 Å². The number of hydrogen-bond donors (Lipinski definition) is 2. The van der Waals surface area contributed by atoms with Crippen LogP contribution in [0.4, 0.5) is 0 Å². The lowest BCUT2D eigenvalue weighted by Crippen LogP contribution is -2.32. The third kappa shape index (κ3) is 8.51. The van der Waals surface area contributed by atoms with Crippen LogP contribution in [0.2, 0.25) is 0 Å². The molecule has 0 aliphatic heterocycles. The average molecular weight is 351 g/mol. The Morgan fingerprint density at radius 3 is 1.84 bits per heavy atom. The molecule has 0 aliphatic rings. The fourth-order valence-electron chi connectivity index (χ4n) is 3.29. The fraction of sp³-hybridized carbons (Fsp3) is 0.727. The molecule has 0 heterocycles. The number of para-hydroxylation sites is 1. The second-order valence-electron chi connectivity index (χ2n) is 7.50. The van der Waals surface area contributed by atoms with Crippen molar-refractivity contribution in [2.45, 2.75) is 103 Å². The third-order valence-corrected chi connectivity index (χ3v) is 4.95. The smallest absolute Gasteiger partial charge is 0.200 e. The first-order chi connectivity index (χ1) is 12.0. The van der Waals surface area contributed by atoms with Crippen molar-refractivity contribution in [3.05, 3.63) is 18.2 Å². The molecule has 0 bridgehead atoms. The zero-order valence-corrected chi connectivity index (χ0v) is 16.5. The van der Waals surface area contributed by atoms with Crippen LogP contribution >= 0.6 is 0 Å². The maximum absolute atomic E-state index is 10.1. The quantitative estimate of drug-likeness (QED) is 0.282. The Morgan fingerprint density at radius 2 is 1.32 bits per heavy atom. The molecule has 3 heteroatoms. The molecule has 0 aromatic heterocycles. The van der Waals surface area contributed by atoms with Crippen LogP contribution in [0.5, 0.6) is 17.2 Å². The van der Waals surface area contributed by atoms with E-state index in [0.29, 0.717) is 5.75 Å². The van der Waals surface area contributed by atoms with E-state index in [-0.39, 0.29) is 17.1 Å². The van der Waals surface area contributed by atoms with E-state index in [1.54, 1.807) is 12.1 Å². The zero-order valence-electron chi connectivity index (χ0n) is 16.5. The second kappa shape index (κ2) is 12.1. The van der Waals surface area contributed by atoms with Crippen LogP contribution in [-0.2, 0) is 0 Å². The first-order valence-electron chi connectivity index (χ1n) is 10.2. The fourth-order valence-corrected chi connectivity index (χ4v) is 3.29. The highest BCUT2D eigenvalue weighted by Gasteiger charge is 2.27. The Hall–Kier alpha value is -1.38. The largest absolute Gasteiger partial charge is 0.504 e. The summed E-state index contributed by atoms with van der Waals surface area (Å²) in [4.78, 5) is 0. The monoisotopic (exact) mass is 350 g/mol. The van der Waals surface area contributed by atoms with Gasteiger partial charge in [-0.15, -0.1) is 0 Å². The number of rotatable bonds is 14. The summed E-state index contributed by atoms with van der Waals surface area (Å²) >= 11 is 0. The molecular weight excluding hydrogens is 312 g/mol. The SMILES string of the molecule is CCCCCCCC(C)(CCCCCCC)Oc1cccc(O)c1O. The van der Waals surface area contributed by atoms with Gasteiger partial charge in [-0.1, -0.05) is 71.3 Å². The van der Waals surface area contributed by atoms with Crippen molar-refractivity contribution in [3.63, 3.8) is 0 Å². The van der Waals surface area contributed by atoms with Crippen LogP contribution in [-0.4, -0.2) is 15.8 Å². The summed E-state index contributed by atoms with van der Waals surface area (Å²) in [6.07, 6.45) is 14.4. The third-order valence-electron chi connectivity index (χ3n) is 4.95. The molecule has 0 unspecified atom stereocenters. The van der Waals surface area contributed by atoms with Crippen LogP contribution in [0.1, 0.15) is 97.8 Å². The number of hydrogen-bond acceptors (Lipinski definition) is 3. The molecule has 0 saturated carbocycles. The van der Waals surface area contributed by atoms with Crippen molar-refractivity contribution in [3.8, 4) is 17.2 Å². The van der Waals surface area contributed by atoms with Gasteiger partial charge in [0.2, 0.25) is 5.75 Å². The lowest BCUT2D eigenvalue weighted by atomic mass is 9.91. The molecule has 0 spiro atoms. The van der Waals surface area contributed by atoms with E-state index in [4.69, 9.17) is 4.74 Å². The highest BCUT2D eigenvalue weighted by Crippen LogP contribution is 2.39. The van der Waals surface area contributed by atoms with Crippen molar-refractivity contribution < 1.29 is 14.9 Å². The van der Waals surface area contributed by atoms with E-state index in [2.05, 4.69) is 20.8 Å². The molecular formula is C22H38O3. The van der Waals surface area contributed by atoms with Gasteiger partial charge in [-0.2, -0.15) is 0 Å². The maximum atomic E-state index is 10.1. The van der Waals surface area contributed by atoms with Gasteiger partial charge < -0.3 is 14.9 Å². The topological polar surface area (TPSA) is 49.7 Å². The van der Waals surface area contributed by atoms with Crippen LogP contribution in [0.25, 0.3) is 0 Å². The maximum Gasteiger partial charge on any atom is 0.200 e. The van der Waals surface area contributed by atoms with Crippen molar-refractivity contribution in [2.75, 3.05) is 0 Å². The highest BCUT2D eigenvalue weighted by molar-refractivity contribution is 5.49. The molecule has 1 aromatic carbocycles. The van der Waals surface area contributed by atoms with Crippen molar-refractivity contribution in [1.29, 1.82) is 0 Å². The Bertz CT molecular complexity index is 456. The Balaban J connectivity index is 2.63. The molecule has 0 amide bonds. The van der Waals surface area contributed by atoms with E-state index in [1.165, 1.54) is 57.4 Å². The summed E-state index contributed by atoms with van der Waals surface area (Å²) in [5, 5.41) is 19.8. The van der Waals surface area contributed by atoms with Crippen molar-refractivity contribution in [1.82, 2.24) is 0 Å². The molecule has 1 aromatic rings. The first kappa shape index (κ1) is 21.7. The summed E-state index contributed by atoms with van der Waals surface area (Å²) in [7, 11) is 0. The molecule has 0 saturated heterocycles. The van der Waals surface area contributed by atoms with Gasteiger partial charge in [0.1, 0.15) is 5.60 Å². The van der Waals surface area contributed by atoms with E-state index in [9.17, 15) is 10.2 Å². The molecule has 1 rings (SSSR count). The summed E-state index contributed by atoms with van der Waals surface area (Å²) in [5.74, 6) is 0.126. The van der Waals surface area contributed by atoms with Gasteiger partial charge in [-0.05, 0) is 44.7 Å². The molecule has 2 N–H and O–H groups in total. The number of aromatic hydroxyl groups is 2. The van der Waals surface area contributed by atoms with E-state index < -0.39 is 0 Å². The number of ether oxygens (including phenoxy) is 1. The van der Waals surface area contributed by atoms with Crippen LogP contribution in [0.15, 0.2) is 18.2 Å². The molecule has 144 valence electrons. The molecule has 25 heavy (non-hydrogen) atoms. The summed E-state index contributed by atoms with van der Waals surface area (Å²) < 4.78 is 6.22.